The summed E-state index contributed by atoms with van der Waals surface area (Å²) in [6, 6.07) is 6.58. The standard InChI is InChI=1S/C16H18N2O4/c1-10(16(21)22)17-15(20)7-8-18-9-13(11(2)19)12-5-3-4-6-14(12)18/h3-6,9-10H,7-8H2,1-2H3,(H,17,20)(H,21,22)/t10-/m0/s1. The van der Waals surface area contributed by atoms with Gasteiger partial charge in [-0.3, -0.25) is 14.4 Å². The fourth-order valence-corrected chi connectivity index (χ4v) is 2.31. The molecule has 1 amide bonds. The van der Waals surface area contributed by atoms with E-state index in [-0.39, 0.29) is 18.1 Å². The molecule has 0 radical (unpaired) electrons. The normalized spacial score (nSPS) is 12.1. The van der Waals surface area contributed by atoms with Crippen LogP contribution in [0.1, 0.15) is 30.6 Å². The van der Waals surface area contributed by atoms with Crippen molar-refractivity contribution in [2.45, 2.75) is 32.9 Å². The summed E-state index contributed by atoms with van der Waals surface area (Å²) >= 11 is 0. The molecule has 22 heavy (non-hydrogen) atoms. The molecule has 0 fully saturated rings. The van der Waals surface area contributed by atoms with Crippen LogP contribution in [0.25, 0.3) is 10.9 Å². The van der Waals surface area contributed by atoms with Crippen molar-refractivity contribution >= 4 is 28.6 Å². The number of Topliss-reactive ketones (excluding diaryl/α,β-unsaturated/α-hetero) is 1. The lowest BCUT2D eigenvalue weighted by Crippen LogP contribution is -2.38. The Kier molecular flexibility index (Phi) is 4.60. The number of aliphatic carboxylic acids is 1. The molecule has 2 N–H and O–H groups in total. The number of para-hydroxylation sites is 1. The number of amides is 1. The molecule has 0 spiro atoms. The maximum absolute atomic E-state index is 11.8. The Morgan fingerprint density at radius 2 is 1.95 bits per heavy atom. The minimum atomic E-state index is -1.07. The van der Waals surface area contributed by atoms with Crippen molar-refractivity contribution in [2.24, 2.45) is 0 Å². The summed E-state index contributed by atoms with van der Waals surface area (Å²) < 4.78 is 1.84. The largest absolute Gasteiger partial charge is 0.480 e. The molecule has 2 aromatic rings. The molecular weight excluding hydrogens is 284 g/mol. The van der Waals surface area contributed by atoms with Crippen LogP contribution < -0.4 is 5.32 Å². The SMILES string of the molecule is CC(=O)c1cn(CCC(=O)N[C@@H](C)C(=O)O)c2ccccc12. The van der Waals surface area contributed by atoms with Crippen molar-refractivity contribution < 1.29 is 19.5 Å². The van der Waals surface area contributed by atoms with Crippen molar-refractivity contribution in [1.82, 2.24) is 9.88 Å². The summed E-state index contributed by atoms with van der Waals surface area (Å²) in [5.41, 5.74) is 1.50. The van der Waals surface area contributed by atoms with Gasteiger partial charge >= 0.3 is 5.97 Å². The van der Waals surface area contributed by atoms with Crippen LogP contribution in [0.2, 0.25) is 0 Å². The smallest absolute Gasteiger partial charge is 0.325 e. The Balaban J connectivity index is 2.14. The fraction of sp³-hybridized carbons (Fsp3) is 0.312. The number of ketones is 1. The second kappa shape index (κ2) is 6.43. The molecule has 0 saturated carbocycles. The molecule has 2 rings (SSSR count). The van der Waals surface area contributed by atoms with Gasteiger partial charge in [-0.1, -0.05) is 18.2 Å². The second-order valence-electron chi connectivity index (χ2n) is 5.19. The van der Waals surface area contributed by atoms with E-state index in [1.165, 1.54) is 13.8 Å². The molecule has 1 atom stereocenters. The van der Waals surface area contributed by atoms with Crippen molar-refractivity contribution in [3.63, 3.8) is 0 Å². The topological polar surface area (TPSA) is 88.4 Å². The van der Waals surface area contributed by atoms with Gasteiger partial charge < -0.3 is 15.0 Å². The predicted molar refractivity (Wildman–Crippen MR) is 81.8 cm³/mol. The van der Waals surface area contributed by atoms with Crippen LogP contribution in [0.15, 0.2) is 30.5 Å². The average molecular weight is 302 g/mol. The van der Waals surface area contributed by atoms with Gasteiger partial charge in [0.05, 0.1) is 0 Å². The van der Waals surface area contributed by atoms with E-state index in [9.17, 15) is 14.4 Å². The van der Waals surface area contributed by atoms with Gasteiger partial charge in [-0.25, -0.2) is 0 Å². The number of hydrogen-bond acceptors (Lipinski definition) is 3. The van der Waals surface area contributed by atoms with Gasteiger partial charge in [0, 0.05) is 35.6 Å². The number of aryl methyl sites for hydroxylation is 1. The number of nitrogens with one attached hydrogen (secondary N) is 1. The van der Waals surface area contributed by atoms with Crippen molar-refractivity contribution in [2.75, 3.05) is 0 Å². The first kappa shape index (κ1) is 15.8. The third-order valence-electron chi connectivity index (χ3n) is 3.50. The number of fused-ring (bicyclic) bond motifs is 1. The number of carboxylic acids is 1. The van der Waals surface area contributed by atoms with Crippen LogP contribution >= 0.6 is 0 Å². The summed E-state index contributed by atoms with van der Waals surface area (Å²) in [7, 11) is 0. The highest BCUT2D eigenvalue weighted by Gasteiger charge is 2.15. The molecule has 0 bridgehead atoms. The van der Waals surface area contributed by atoms with Crippen LogP contribution in [0.3, 0.4) is 0 Å². The number of nitrogens with zero attached hydrogens (tertiary/aromatic N) is 1. The predicted octanol–water partition coefficient (Wildman–Crippen LogP) is 1.82. The van der Waals surface area contributed by atoms with Crippen molar-refractivity contribution in [3.8, 4) is 0 Å². The van der Waals surface area contributed by atoms with Gasteiger partial charge in [-0.05, 0) is 19.9 Å². The number of carbonyl (C=O) groups excluding carboxylic acids is 2. The highest BCUT2D eigenvalue weighted by molar-refractivity contribution is 6.07. The van der Waals surface area contributed by atoms with Crippen LogP contribution in [0.5, 0.6) is 0 Å². The van der Waals surface area contributed by atoms with Gasteiger partial charge in [0.15, 0.2) is 5.78 Å². The Bertz CT molecular complexity index is 733. The zero-order valence-electron chi connectivity index (χ0n) is 12.5. The van der Waals surface area contributed by atoms with E-state index in [0.29, 0.717) is 12.1 Å². The van der Waals surface area contributed by atoms with Crippen LogP contribution in [-0.4, -0.2) is 33.4 Å². The summed E-state index contributed by atoms with van der Waals surface area (Å²) in [4.78, 5) is 34.1. The van der Waals surface area contributed by atoms with E-state index in [4.69, 9.17) is 5.11 Å². The van der Waals surface area contributed by atoms with Gasteiger partial charge in [0.25, 0.3) is 0 Å². The molecule has 0 aliphatic rings. The van der Waals surface area contributed by atoms with Crippen LogP contribution in [0.4, 0.5) is 0 Å². The molecule has 0 aliphatic carbocycles. The highest BCUT2D eigenvalue weighted by Crippen LogP contribution is 2.22. The first-order chi connectivity index (χ1) is 10.4. The van der Waals surface area contributed by atoms with Gasteiger partial charge in [-0.15, -0.1) is 0 Å². The quantitative estimate of drug-likeness (QED) is 0.797. The fourth-order valence-electron chi connectivity index (χ4n) is 2.31. The minimum absolute atomic E-state index is 0.0288. The number of aromatic nitrogens is 1. The molecule has 1 heterocycles. The maximum atomic E-state index is 11.8. The summed E-state index contributed by atoms with van der Waals surface area (Å²) in [6.45, 7) is 3.30. The highest BCUT2D eigenvalue weighted by atomic mass is 16.4. The molecule has 6 heteroatoms. The molecule has 1 aromatic carbocycles. The third kappa shape index (κ3) is 3.33. The van der Waals surface area contributed by atoms with E-state index in [1.807, 2.05) is 28.8 Å². The number of hydrogen-bond donors (Lipinski definition) is 2. The van der Waals surface area contributed by atoms with E-state index in [0.717, 1.165) is 10.9 Å². The molecule has 0 aliphatic heterocycles. The zero-order chi connectivity index (χ0) is 16.3. The lowest BCUT2D eigenvalue weighted by Gasteiger charge is -2.10. The molecule has 1 aromatic heterocycles. The van der Waals surface area contributed by atoms with Gasteiger partial charge in [0.1, 0.15) is 6.04 Å². The van der Waals surface area contributed by atoms with E-state index in [2.05, 4.69) is 5.32 Å². The van der Waals surface area contributed by atoms with Gasteiger partial charge in [0.2, 0.25) is 5.91 Å². The summed E-state index contributed by atoms with van der Waals surface area (Å²) in [5.74, 6) is -1.44. The summed E-state index contributed by atoms with van der Waals surface area (Å²) in [6.07, 6.45) is 1.88. The molecule has 0 saturated heterocycles. The first-order valence-corrected chi connectivity index (χ1v) is 7.01. The van der Waals surface area contributed by atoms with E-state index in [1.54, 1.807) is 6.20 Å². The Labute approximate surface area is 127 Å². The second-order valence-corrected chi connectivity index (χ2v) is 5.19. The molecule has 6 nitrogen and oxygen atoms in total. The lowest BCUT2D eigenvalue weighted by atomic mass is 10.1. The number of carbonyl (C=O) groups is 3. The lowest BCUT2D eigenvalue weighted by molar-refractivity contribution is -0.141. The molecular formula is C16H18N2O4. The van der Waals surface area contributed by atoms with Crippen LogP contribution in [-0.2, 0) is 16.1 Å². The zero-order valence-corrected chi connectivity index (χ0v) is 12.5. The van der Waals surface area contributed by atoms with Gasteiger partial charge in [-0.2, -0.15) is 0 Å². The maximum Gasteiger partial charge on any atom is 0.325 e. The average Bonchev–Trinajstić information content (AvgIpc) is 2.84. The summed E-state index contributed by atoms with van der Waals surface area (Å²) in [5, 5.41) is 12.0. The third-order valence-corrected chi connectivity index (χ3v) is 3.50. The van der Waals surface area contributed by atoms with Crippen molar-refractivity contribution in [1.29, 1.82) is 0 Å². The van der Waals surface area contributed by atoms with Crippen LogP contribution in [0, 0.1) is 0 Å². The van der Waals surface area contributed by atoms with E-state index >= 15 is 0 Å². The first-order valence-electron chi connectivity index (χ1n) is 7.01. The van der Waals surface area contributed by atoms with Crippen molar-refractivity contribution in [3.05, 3.63) is 36.0 Å². The Hall–Kier alpha value is -2.63. The Morgan fingerprint density at radius 1 is 1.27 bits per heavy atom. The molecule has 116 valence electrons. The van der Waals surface area contributed by atoms with E-state index < -0.39 is 12.0 Å². The monoisotopic (exact) mass is 302 g/mol. The number of rotatable bonds is 6. The number of benzene rings is 1. The Morgan fingerprint density at radius 3 is 2.59 bits per heavy atom. The molecule has 0 unspecified atom stereocenters. The minimum Gasteiger partial charge on any atom is -0.480 e. The number of carboxylic acid groups (broad SMARTS) is 1.